The second-order valence-corrected chi connectivity index (χ2v) is 6.51. The zero-order valence-corrected chi connectivity index (χ0v) is 10.8. The second kappa shape index (κ2) is 4.53. The van der Waals surface area contributed by atoms with E-state index < -0.39 is 10.0 Å². The number of hydrogen-bond acceptors (Lipinski definition) is 4. The lowest BCUT2D eigenvalue weighted by atomic mass is 9.95. The number of nitrogens with one attached hydrogen (secondary N) is 3. The Morgan fingerprint density at radius 1 is 1.11 bits per heavy atom. The predicted molar refractivity (Wildman–Crippen MR) is 69.8 cm³/mol. The Hall–Kier alpha value is -1.11. The van der Waals surface area contributed by atoms with Crippen LogP contribution in [0.3, 0.4) is 0 Å². The van der Waals surface area contributed by atoms with Gasteiger partial charge in [-0.25, -0.2) is 8.42 Å². The zero-order valence-electron chi connectivity index (χ0n) is 10.0. The zero-order chi connectivity index (χ0) is 12.6. The summed E-state index contributed by atoms with van der Waals surface area (Å²) in [6.45, 7) is 1.90. The molecule has 5 nitrogen and oxygen atoms in total. The van der Waals surface area contributed by atoms with Crippen LogP contribution in [0, 0.1) is 5.92 Å². The molecule has 98 valence electrons. The topological polar surface area (TPSA) is 70.2 Å². The van der Waals surface area contributed by atoms with Crippen LogP contribution in [0.15, 0.2) is 29.2 Å². The molecular weight excluding hydrogens is 250 g/mol. The predicted octanol–water partition coefficient (Wildman–Crippen LogP) is 0.716. The highest BCUT2D eigenvalue weighted by Crippen LogP contribution is 2.29. The molecule has 1 aromatic rings. The van der Waals surface area contributed by atoms with Crippen molar-refractivity contribution in [1.82, 2.24) is 10.0 Å². The van der Waals surface area contributed by atoms with E-state index in [1.54, 1.807) is 12.1 Å². The molecule has 0 aromatic heterocycles. The molecule has 1 atom stereocenters. The van der Waals surface area contributed by atoms with Gasteiger partial charge in [0.05, 0.1) is 11.9 Å². The van der Waals surface area contributed by atoms with Gasteiger partial charge in [0.15, 0.2) is 0 Å². The Morgan fingerprint density at radius 3 is 2.61 bits per heavy atom. The highest BCUT2D eigenvalue weighted by atomic mass is 32.2. The molecule has 1 aromatic carbocycles. The lowest BCUT2D eigenvalue weighted by molar-refractivity contribution is 0.319. The van der Waals surface area contributed by atoms with Gasteiger partial charge in [-0.05, 0) is 44.0 Å². The first-order chi connectivity index (χ1) is 8.67. The molecule has 0 saturated carbocycles. The van der Waals surface area contributed by atoms with Gasteiger partial charge in [0, 0.05) is 0 Å². The monoisotopic (exact) mass is 267 g/mol. The van der Waals surface area contributed by atoms with Crippen LogP contribution in [-0.2, 0) is 10.0 Å². The third-order valence-corrected chi connectivity index (χ3v) is 5.12. The first kappa shape index (κ1) is 12.0. The van der Waals surface area contributed by atoms with E-state index in [2.05, 4.69) is 15.4 Å². The van der Waals surface area contributed by atoms with Crippen LogP contribution in [0.1, 0.15) is 12.8 Å². The number of para-hydroxylation sites is 1. The SMILES string of the molecule is O=S1(=O)NC(C2CCNCC2)Nc2ccccc21. The van der Waals surface area contributed by atoms with E-state index in [1.807, 2.05) is 12.1 Å². The van der Waals surface area contributed by atoms with Crippen LogP contribution in [0.5, 0.6) is 0 Å². The Bertz CT molecular complexity index is 538. The van der Waals surface area contributed by atoms with Gasteiger partial charge in [-0.15, -0.1) is 0 Å². The quantitative estimate of drug-likeness (QED) is 0.701. The maximum atomic E-state index is 12.2. The summed E-state index contributed by atoms with van der Waals surface area (Å²) in [6, 6.07) is 7.04. The number of hydrogen-bond donors (Lipinski definition) is 3. The van der Waals surface area contributed by atoms with Crippen molar-refractivity contribution in [3.63, 3.8) is 0 Å². The molecule has 1 fully saturated rings. The average Bonchev–Trinajstić information content (AvgIpc) is 2.39. The summed E-state index contributed by atoms with van der Waals surface area (Å²) in [7, 11) is -3.37. The maximum Gasteiger partial charge on any atom is 0.244 e. The van der Waals surface area contributed by atoms with Crippen molar-refractivity contribution >= 4 is 15.7 Å². The van der Waals surface area contributed by atoms with Crippen LogP contribution in [0.2, 0.25) is 0 Å². The van der Waals surface area contributed by atoms with E-state index in [9.17, 15) is 8.42 Å². The normalized spacial score (nSPS) is 27.2. The Labute approximate surface area is 107 Å². The minimum absolute atomic E-state index is 0.188. The van der Waals surface area contributed by atoms with Gasteiger partial charge in [-0.1, -0.05) is 12.1 Å². The fourth-order valence-corrected chi connectivity index (χ4v) is 4.03. The lowest BCUT2D eigenvalue weighted by Gasteiger charge is -2.35. The Kier molecular flexibility index (Phi) is 3.01. The molecular formula is C12H17N3O2S. The number of fused-ring (bicyclic) bond motifs is 1. The Morgan fingerprint density at radius 2 is 1.83 bits per heavy atom. The summed E-state index contributed by atoms with van der Waals surface area (Å²) in [5, 5.41) is 6.59. The molecule has 18 heavy (non-hydrogen) atoms. The van der Waals surface area contributed by atoms with Gasteiger partial charge >= 0.3 is 0 Å². The van der Waals surface area contributed by atoms with E-state index >= 15 is 0 Å². The van der Waals surface area contributed by atoms with Crippen LogP contribution >= 0.6 is 0 Å². The molecule has 3 N–H and O–H groups in total. The highest BCUT2D eigenvalue weighted by molar-refractivity contribution is 7.89. The van der Waals surface area contributed by atoms with E-state index in [-0.39, 0.29) is 6.17 Å². The molecule has 0 radical (unpaired) electrons. The molecule has 2 heterocycles. The van der Waals surface area contributed by atoms with Gasteiger partial charge in [0.1, 0.15) is 4.90 Å². The van der Waals surface area contributed by atoms with Gasteiger partial charge in [-0.2, -0.15) is 4.72 Å². The van der Waals surface area contributed by atoms with Crippen molar-refractivity contribution in [3.8, 4) is 0 Å². The molecule has 0 amide bonds. The number of benzene rings is 1. The van der Waals surface area contributed by atoms with Crippen molar-refractivity contribution in [1.29, 1.82) is 0 Å². The largest absolute Gasteiger partial charge is 0.368 e. The maximum absolute atomic E-state index is 12.2. The van der Waals surface area contributed by atoms with E-state index in [0.29, 0.717) is 16.5 Å². The molecule has 2 aliphatic rings. The fraction of sp³-hybridized carbons (Fsp3) is 0.500. The van der Waals surface area contributed by atoms with E-state index in [0.717, 1.165) is 25.9 Å². The van der Waals surface area contributed by atoms with Gasteiger partial charge in [0.25, 0.3) is 0 Å². The number of sulfonamides is 1. The summed E-state index contributed by atoms with van der Waals surface area (Å²) < 4.78 is 27.1. The van der Waals surface area contributed by atoms with Crippen LogP contribution < -0.4 is 15.4 Å². The summed E-state index contributed by atoms with van der Waals surface area (Å²) in [6.07, 6.45) is 1.79. The first-order valence-electron chi connectivity index (χ1n) is 6.25. The van der Waals surface area contributed by atoms with Crippen molar-refractivity contribution in [2.24, 2.45) is 5.92 Å². The second-order valence-electron chi connectivity index (χ2n) is 4.83. The van der Waals surface area contributed by atoms with Crippen LogP contribution in [-0.4, -0.2) is 27.7 Å². The van der Waals surface area contributed by atoms with Crippen LogP contribution in [0.4, 0.5) is 5.69 Å². The van der Waals surface area contributed by atoms with Crippen molar-refractivity contribution < 1.29 is 8.42 Å². The first-order valence-corrected chi connectivity index (χ1v) is 7.74. The molecule has 1 saturated heterocycles. The summed E-state index contributed by atoms with van der Waals surface area (Å²) >= 11 is 0. The standard InChI is InChI=1S/C12H17N3O2S/c16-18(17)11-4-2-1-3-10(11)14-12(15-18)9-5-7-13-8-6-9/h1-4,9,12-15H,5-8H2. The van der Waals surface area contributed by atoms with E-state index in [1.165, 1.54) is 0 Å². The van der Waals surface area contributed by atoms with Crippen molar-refractivity contribution in [2.45, 2.75) is 23.9 Å². The number of piperidine rings is 1. The molecule has 3 rings (SSSR count). The minimum atomic E-state index is -3.37. The molecule has 0 aliphatic carbocycles. The molecule has 2 aliphatic heterocycles. The minimum Gasteiger partial charge on any atom is -0.368 e. The third-order valence-electron chi connectivity index (χ3n) is 3.62. The lowest BCUT2D eigenvalue weighted by Crippen LogP contribution is -2.51. The number of rotatable bonds is 1. The summed E-state index contributed by atoms with van der Waals surface area (Å²) in [5.74, 6) is 0.342. The fourth-order valence-electron chi connectivity index (χ4n) is 2.64. The van der Waals surface area contributed by atoms with Crippen molar-refractivity contribution in [3.05, 3.63) is 24.3 Å². The Balaban J connectivity index is 1.90. The molecule has 0 bridgehead atoms. The average molecular weight is 267 g/mol. The third kappa shape index (κ3) is 2.11. The molecule has 6 heteroatoms. The number of anilines is 1. The highest BCUT2D eigenvalue weighted by Gasteiger charge is 2.33. The summed E-state index contributed by atoms with van der Waals surface area (Å²) in [5.41, 5.74) is 0.708. The molecule has 0 spiro atoms. The summed E-state index contributed by atoms with van der Waals surface area (Å²) in [4.78, 5) is 0.343. The van der Waals surface area contributed by atoms with Gasteiger partial charge in [-0.3, -0.25) is 0 Å². The smallest absolute Gasteiger partial charge is 0.244 e. The van der Waals surface area contributed by atoms with E-state index in [4.69, 9.17) is 0 Å². The molecule has 1 unspecified atom stereocenters. The van der Waals surface area contributed by atoms with Gasteiger partial charge < -0.3 is 10.6 Å². The van der Waals surface area contributed by atoms with Crippen LogP contribution in [0.25, 0.3) is 0 Å². The van der Waals surface area contributed by atoms with Crippen molar-refractivity contribution in [2.75, 3.05) is 18.4 Å². The van der Waals surface area contributed by atoms with Gasteiger partial charge in [0.2, 0.25) is 10.0 Å².